The van der Waals surface area contributed by atoms with Gasteiger partial charge in [0.2, 0.25) is 0 Å². The molecule has 0 atom stereocenters. The first-order chi connectivity index (χ1) is 13.2. The van der Waals surface area contributed by atoms with Crippen molar-refractivity contribution in [3.8, 4) is 6.07 Å². The fourth-order valence-electron chi connectivity index (χ4n) is 3.76. The zero-order valence-corrected chi connectivity index (χ0v) is 14.9. The van der Waals surface area contributed by atoms with Crippen LogP contribution in [0.1, 0.15) is 29.8 Å². The molecule has 2 aromatic rings. The first kappa shape index (κ1) is 17.3. The molecule has 27 heavy (non-hydrogen) atoms. The predicted molar refractivity (Wildman–Crippen MR) is 97.8 cm³/mol. The summed E-state index contributed by atoms with van der Waals surface area (Å²) < 4.78 is 13.1. The minimum absolute atomic E-state index is 0.0367. The van der Waals surface area contributed by atoms with Gasteiger partial charge in [0.15, 0.2) is 0 Å². The van der Waals surface area contributed by atoms with E-state index in [0.717, 1.165) is 28.9 Å². The number of rotatable bonds is 1. The van der Waals surface area contributed by atoms with Gasteiger partial charge in [-0.05, 0) is 36.1 Å². The highest BCUT2D eigenvalue weighted by atomic mass is 19.1. The second kappa shape index (κ2) is 7.23. The summed E-state index contributed by atoms with van der Waals surface area (Å²) in [7, 11) is 0. The van der Waals surface area contributed by atoms with E-state index in [0.29, 0.717) is 44.6 Å². The molecule has 138 valence electrons. The fraction of sp³-hybridized carbons (Fsp3) is 0.350. The summed E-state index contributed by atoms with van der Waals surface area (Å²) in [6, 6.07) is 8.29. The Kier molecular flexibility index (Phi) is 4.63. The van der Waals surface area contributed by atoms with Crippen molar-refractivity contribution in [2.24, 2.45) is 0 Å². The van der Waals surface area contributed by atoms with Crippen LogP contribution in [0.25, 0.3) is 5.57 Å². The minimum atomic E-state index is -0.316. The Bertz CT molecular complexity index is 915. The van der Waals surface area contributed by atoms with Gasteiger partial charge in [-0.3, -0.25) is 0 Å². The first-order valence-corrected chi connectivity index (χ1v) is 9.08. The van der Waals surface area contributed by atoms with Crippen molar-refractivity contribution >= 4 is 11.6 Å². The summed E-state index contributed by atoms with van der Waals surface area (Å²) in [6.45, 7) is 2.42. The molecule has 0 bridgehead atoms. The molecule has 1 saturated heterocycles. The molecule has 2 amide bonds. The molecule has 1 aromatic carbocycles. The molecule has 7 heteroatoms. The average molecular weight is 365 g/mol. The number of aromatic nitrogens is 2. The van der Waals surface area contributed by atoms with Crippen LogP contribution < -0.4 is 0 Å². The van der Waals surface area contributed by atoms with Crippen LogP contribution in [-0.2, 0) is 13.0 Å². The zero-order valence-electron chi connectivity index (χ0n) is 14.9. The highest BCUT2D eigenvalue weighted by Gasteiger charge is 2.28. The van der Waals surface area contributed by atoms with Crippen molar-refractivity contribution in [1.82, 2.24) is 19.8 Å². The van der Waals surface area contributed by atoms with Gasteiger partial charge in [-0.1, -0.05) is 12.1 Å². The smallest absolute Gasteiger partial charge is 0.320 e. The maximum absolute atomic E-state index is 13.1. The number of H-pyrrole nitrogens is 1. The lowest BCUT2D eigenvalue weighted by molar-refractivity contribution is 0.143. The number of urea groups is 1. The normalized spacial score (nSPS) is 16.7. The molecular weight excluding hydrogens is 345 g/mol. The number of halogens is 1. The standard InChI is InChI=1S/C20H20FN5O/c21-16-3-1-14(2-4-16)17(11-22)15-5-8-25(9-6-15)20(27)26-10-7-18-19(12-26)24-13-23-18/h1-4,13H,5-10,12H2,(H,23,24). The minimum Gasteiger partial charge on any atom is -0.347 e. The third kappa shape index (κ3) is 3.43. The Morgan fingerprint density at radius 3 is 2.52 bits per heavy atom. The van der Waals surface area contributed by atoms with Crippen molar-refractivity contribution in [2.45, 2.75) is 25.8 Å². The van der Waals surface area contributed by atoms with E-state index in [1.807, 2.05) is 9.80 Å². The summed E-state index contributed by atoms with van der Waals surface area (Å²) in [5, 5.41) is 9.55. The van der Waals surface area contributed by atoms with Crippen LogP contribution in [0.3, 0.4) is 0 Å². The highest BCUT2D eigenvalue weighted by Crippen LogP contribution is 2.27. The second-order valence-electron chi connectivity index (χ2n) is 6.87. The molecule has 0 unspecified atom stereocenters. The Morgan fingerprint density at radius 1 is 1.11 bits per heavy atom. The van der Waals surface area contributed by atoms with E-state index in [4.69, 9.17) is 0 Å². The molecule has 4 rings (SSSR count). The number of aromatic amines is 1. The summed E-state index contributed by atoms with van der Waals surface area (Å²) in [4.78, 5) is 23.9. The third-order valence-electron chi connectivity index (χ3n) is 5.28. The number of carbonyl (C=O) groups is 1. The zero-order chi connectivity index (χ0) is 18.8. The number of carbonyl (C=O) groups excluding carboxylic acids is 1. The van der Waals surface area contributed by atoms with E-state index in [-0.39, 0.29) is 11.8 Å². The van der Waals surface area contributed by atoms with Crippen molar-refractivity contribution in [3.63, 3.8) is 0 Å². The van der Waals surface area contributed by atoms with Crippen molar-refractivity contribution in [1.29, 1.82) is 5.26 Å². The van der Waals surface area contributed by atoms with Crippen LogP contribution >= 0.6 is 0 Å². The molecule has 0 aliphatic carbocycles. The van der Waals surface area contributed by atoms with E-state index >= 15 is 0 Å². The number of hydrogen-bond acceptors (Lipinski definition) is 3. The molecule has 3 heterocycles. The number of allylic oxidation sites excluding steroid dienone is 1. The summed E-state index contributed by atoms with van der Waals surface area (Å²) in [5.41, 5.74) is 4.41. The van der Waals surface area contributed by atoms with E-state index in [1.165, 1.54) is 12.1 Å². The number of likely N-dealkylation sites (tertiary alicyclic amines) is 1. The van der Waals surface area contributed by atoms with Crippen LogP contribution in [0.2, 0.25) is 0 Å². The molecule has 1 aromatic heterocycles. The number of imidazole rings is 1. The third-order valence-corrected chi connectivity index (χ3v) is 5.28. The second-order valence-corrected chi connectivity index (χ2v) is 6.87. The Hall–Kier alpha value is -3.14. The molecular formula is C20H20FN5O. The first-order valence-electron chi connectivity index (χ1n) is 9.08. The maximum Gasteiger partial charge on any atom is 0.320 e. The van der Waals surface area contributed by atoms with Crippen molar-refractivity contribution in [3.05, 3.63) is 58.9 Å². The lowest BCUT2D eigenvalue weighted by Gasteiger charge is -2.35. The Morgan fingerprint density at radius 2 is 1.81 bits per heavy atom. The van der Waals surface area contributed by atoms with Gasteiger partial charge in [0.25, 0.3) is 0 Å². The van der Waals surface area contributed by atoms with E-state index in [9.17, 15) is 14.4 Å². The molecule has 0 spiro atoms. The van der Waals surface area contributed by atoms with Gasteiger partial charge in [-0.15, -0.1) is 0 Å². The van der Waals surface area contributed by atoms with Gasteiger partial charge in [0, 0.05) is 26.1 Å². The maximum atomic E-state index is 13.1. The molecule has 2 aliphatic rings. The van der Waals surface area contributed by atoms with Crippen LogP contribution in [0.15, 0.2) is 36.2 Å². The quantitative estimate of drug-likeness (QED) is 0.789. The lowest BCUT2D eigenvalue weighted by atomic mass is 9.94. The Balaban J connectivity index is 1.43. The summed E-state index contributed by atoms with van der Waals surface area (Å²) in [5.74, 6) is -0.316. The summed E-state index contributed by atoms with van der Waals surface area (Å²) in [6.07, 6.45) is 3.77. The number of benzene rings is 1. The van der Waals surface area contributed by atoms with E-state index < -0.39 is 0 Å². The molecule has 2 aliphatic heterocycles. The average Bonchev–Trinajstić information content (AvgIpc) is 3.18. The predicted octanol–water partition coefficient (Wildman–Crippen LogP) is 3.10. The van der Waals surface area contributed by atoms with Gasteiger partial charge >= 0.3 is 6.03 Å². The number of piperidine rings is 1. The number of nitriles is 1. The van der Waals surface area contributed by atoms with Crippen LogP contribution in [-0.4, -0.2) is 45.4 Å². The largest absolute Gasteiger partial charge is 0.347 e. The number of amides is 2. The lowest BCUT2D eigenvalue weighted by Crippen LogP contribution is -2.47. The summed E-state index contributed by atoms with van der Waals surface area (Å²) >= 11 is 0. The molecule has 0 saturated carbocycles. The Labute approximate surface area is 156 Å². The fourth-order valence-corrected chi connectivity index (χ4v) is 3.76. The SMILES string of the molecule is N#CC(=C1CCN(C(=O)N2CCc3nc[nH]c3C2)CC1)c1ccc(F)cc1. The van der Waals surface area contributed by atoms with Gasteiger partial charge < -0.3 is 14.8 Å². The molecule has 1 N–H and O–H groups in total. The van der Waals surface area contributed by atoms with Crippen LogP contribution in [0, 0.1) is 17.1 Å². The number of nitrogens with zero attached hydrogens (tertiary/aromatic N) is 4. The highest BCUT2D eigenvalue weighted by molar-refractivity contribution is 5.80. The molecule has 1 fully saturated rings. The van der Waals surface area contributed by atoms with Crippen LogP contribution in [0.4, 0.5) is 9.18 Å². The van der Waals surface area contributed by atoms with Gasteiger partial charge in [0.1, 0.15) is 5.82 Å². The number of fused-ring (bicyclic) bond motifs is 1. The van der Waals surface area contributed by atoms with Gasteiger partial charge in [0.05, 0.1) is 35.9 Å². The van der Waals surface area contributed by atoms with Crippen LogP contribution in [0.5, 0.6) is 0 Å². The molecule has 0 radical (unpaired) electrons. The monoisotopic (exact) mass is 365 g/mol. The van der Waals surface area contributed by atoms with E-state index in [1.54, 1.807) is 18.5 Å². The van der Waals surface area contributed by atoms with Gasteiger partial charge in [-0.25, -0.2) is 14.2 Å². The number of hydrogen-bond donors (Lipinski definition) is 1. The van der Waals surface area contributed by atoms with Crippen molar-refractivity contribution in [2.75, 3.05) is 19.6 Å². The van der Waals surface area contributed by atoms with Crippen molar-refractivity contribution < 1.29 is 9.18 Å². The van der Waals surface area contributed by atoms with Gasteiger partial charge in [-0.2, -0.15) is 5.26 Å². The van der Waals surface area contributed by atoms with E-state index in [2.05, 4.69) is 16.0 Å². The molecule has 6 nitrogen and oxygen atoms in total. The topological polar surface area (TPSA) is 76.0 Å². The number of nitrogens with one attached hydrogen (secondary N) is 1.